The molecule has 5 heteroatoms. The van der Waals surface area contributed by atoms with E-state index < -0.39 is 24.5 Å². The van der Waals surface area contributed by atoms with Crippen LogP contribution in [0, 0.1) is 0 Å². The molecule has 19 heavy (non-hydrogen) atoms. The van der Waals surface area contributed by atoms with Gasteiger partial charge in [-0.1, -0.05) is 30.3 Å². The van der Waals surface area contributed by atoms with Gasteiger partial charge in [-0.2, -0.15) is 0 Å². The van der Waals surface area contributed by atoms with Crippen LogP contribution in [0.1, 0.15) is 33.3 Å². The third-order valence-corrected chi connectivity index (χ3v) is 3.77. The Morgan fingerprint density at radius 2 is 1.63 bits per heavy atom. The molecule has 0 saturated carbocycles. The largest absolute Gasteiger partial charge is 0.517 e. The first kappa shape index (κ1) is 14.5. The van der Waals surface area contributed by atoms with E-state index in [0.717, 1.165) is 5.56 Å². The van der Waals surface area contributed by atoms with Crippen LogP contribution < -0.4 is 0 Å². The highest BCUT2D eigenvalue weighted by Crippen LogP contribution is 2.37. The SMILES string of the molecule is CC1(C)OB(C(O)OCc2ccccc2)OC1(C)C. The summed E-state index contributed by atoms with van der Waals surface area (Å²) in [6.45, 7) is 8.09. The number of benzene rings is 1. The van der Waals surface area contributed by atoms with Crippen molar-refractivity contribution < 1.29 is 19.2 Å². The summed E-state index contributed by atoms with van der Waals surface area (Å²) in [5, 5.41) is 10.0. The molecular weight excluding hydrogens is 243 g/mol. The molecule has 0 aliphatic carbocycles. The van der Waals surface area contributed by atoms with Crippen molar-refractivity contribution >= 4 is 7.12 Å². The predicted molar refractivity (Wildman–Crippen MR) is 73.3 cm³/mol. The third-order valence-electron chi connectivity index (χ3n) is 3.77. The van der Waals surface area contributed by atoms with Gasteiger partial charge < -0.3 is 19.2 Å². The molecule has 0 radical (unpaired) electrons. The fraction of sp³-hybridized carbons (Fsp3) is 0.571. The monoisotopic (exact) mass is 264 g/mol. The van der Waals surface area contributed by atoms with E-state index in [4.69, 9.17) is 14.0 Å². The molecule has 104 valence electrons. The van der Waals surface area contributed by atoms with Crippen LogP contribution in [0.3, 0.4) is 0 Å². The van der Waals surface area contributed by atoms with Gasteiger partial charge in [0, 0.05) is 0 Å². The predicted octanol–water partition coefficient (Wildman–Crippen LogP) is 2.15. The first-order valence-corrected chi connectivity index (χ1v) is 6.51. The molecule has 2 rings (SSSR count). The van der Waals surface area contributed by atoms with Gasteiger partial charge in [-0.25, -0.2) is 0 Å². The lowest BCUT2D eigenvalue weighted by Crippen LogP contribution is -2.41. The molecule has 1 aromatic carbocycles. The Balaban J connectivity index is 1.90. The zero-order chi connectivity index (χ0) is 14.1. The van der Waals surface area contributed by atoms with E-state index in [0.29, 0.717) is 6.61 Å². The molecule has 0 bridgehead atoms. The minimum atomic E-state index is -1.10. The van der Waals surface area contributed by atoms with Crippen molar-refractivity contribution in [2.75, 3.05) is 0 Å². The van der Waals surface area contributed by atoms with Gasteiger partial charge in [0.2, 0.25) is 0 Å². The summed E-state index contributed by atoms with van der Waals surface area (Å²) in [5.74, 6) is 0. The Hall–Kier alpha value is -0.875. The summed E-state index contributed by atoms with van der Waals surface area (Å²) in [7, 11) is -0.756. The molecule has 1 aromatic rings. The summed E-state index contributed by atoms with van der Waals surface area (Å²) in [6.07, 6.45) is -1.10. The molecule has 0 amide bonds. The van der Waals surface area contributed by atoms with Gasteiger partial charge in [0.25, 0.3) is 0 Å². The van der Waals surface area contributed by atoms with Gasteiger partial charge in [0.05, 0.1) is 17.8 Å². The maximum atomic E-state index is 10.0. The van der Waals surface area contributed by atoms with Crippen LogP contribution in [-0.2, 0) is 20.7 Å². The van der Waals surface area contributed by atoms with Crippen LogP contribution in [0.25, 0.3) is 0 Å². The molecule has 1 heterocycles. The third kappa shape index (κ3) is 3.18. The Kier molecular flexibility index (Phi) is 4.01. The minimum absolute atomic E-state index is 0.325. The number of hydrogen-bond donors (Lipinski definition) is 1. The Morgan fingerprint density at radius 3 is 2.16 bits per heavy atom. The van der Waals surface area contributed by atoms with E-state index in [9.17, 15) is 5.11 Å². The molecule has 1 aliphatic rings. The van der Waals surface area contributed by atoms with E-state index in [2.05, 4.69) is 0 Å². The number of hydrogen-bond acceptors (Lipinski definition) is 4. The number of ether oxygens (including phenoxy) is 1. The van der Waals surface area contributed by atoms with Gasteiger partial charge in [0.1, 0.15) is 0 Å². The van der Waals surface area contributed by atoms with E-state index >= 15 is 0 Å². The van der Waals surface area contributed by atoms with Crippen LogP contribution in [0.5, 0.6) is 0 Å². The lowest BCUT2D eigenvalue weighted by Gasteiger charge is -2.32. The van der Waals surface area contributed by atoms with Crippen LogP contribution in [0.4, 0.5) is 0 Å². The molecule has 0 aromatic heterocycles. The van der Waals surface area contributed by atoms with Crippen molar-refractivity contribution in [2.45, 2.75) is 51.7 Å². The van der Waals surface area contributed by atoms with Crippen LogP contribution in [-0.4, -0.2) is 29.6 Å². The van der Waals surface area contributed by atoms with Crippen molar-refractivity contribution in [3.63, 3.8) is 0 Å². The highest BCUT2D eigenvalue weighted by Gasteiger charge is 2.54. The average molecular weight is 264 g/mol. The first-order chi connectivity index (χ1) is 8.82. The van der Waals surface area contributed by atoms with Crippen molar-refractivity contribution in [2.24, 2.45) is 0 Å². The first-order valence-electron chi connectivity index (χ1n) is 6.51. The summed E-state index contributed by atoms with van der Waals surface area (Å²) in [6, 6.07) is 9.68. The number of rotatable bonds is 4. The minimum Gasteiger partial charge on any atom is -0.400 e. The highest BCUT2D eigenvalue weighted by atomic mass is 16.7. The highest BCUT2D eigenvalue weighted by molar-refractivity contribution is 6.46. The van der Waals surface area contributed by atoms with Crippen LogP contribution in [0.2, 0.25) is 0 Å². The average Bonchev–Trinajstić information content (AvgIpc) is 2.57. The molecule has 1 unspecified atom stereocenters. The van der Waals surface area contributed by atoms with E-state index in [1.165, 1.54) is 0 Å². The maximum Gasteiger partial charge on any atom is 0.517 e. The van der Waals surface area contributed by atoms with Crippen LogP contribution in [0.15, 0.2) is 30.3 Å². The van der Waals surface area contributed by atoms with E-state index in [1.54, 1.807) is 0 Å². The van der Waals surface area contributed by atoms with E-state index in [-0.39, 0.29) is 0 Å². The van der Waals surface area contributed by atoms with Gasteiger partial charge in [-0.15, -0.1) is 0 Å². The second-order valence-electron chi connectivity index (χ2n) is 5.81. The van der Waals surface area contributed by atoms with Gasteiger partial charge >= 0.3 is 7.12 Å². The molecule has 1 N–H and O–H groups in total. The molecule has 1 saturated heterocycles. The normalized spacial score (nSPS) is 22.5. The fourth-order valence-corrected chi connectivity index (χ4v) is 1.84. The molecule has 1 fully saturated rings. The molecule has 1 aliphatic heterocycles. The summed E-state index contributed by atoms with van der Waals surface area (Å²) >= 11 is 0. The van der Waals surface area contributed by atoms with Gasteiger partial charge in [-0.3, -0.25) is 0 Å². The Labute approximate surface area is 114 Å². The Morgan fingerprint density at radius 1 is 1.11 bits per heavy atom. The lowest BCUT2D eigenvalue weighted by atomic mass is 9.89. The molecular formula is C14H21BO4. The molecule has 4 nitrogen and oxygen atoms in total. The standard InChI is InChI=1S/C14H21BO4/c1-13(2)14(3,4)19-15(18-13)12(16)17-10-11-8-6-5-7-9-11/h5-9,12,16H,10H2,1-4H3. The Bertz CT molecular complexity index is 403. The van der Waals surface area contributed by atoms with Crippen molar-refractivity contribution in [1.29, 1.82) is 0 Å². The fourth-order valence-electron chi connectivity index (χ4n) is 1.84. The van der Waals surface area contributed by atoms with Gasteiger partial charge in [-0.05, 0) is 33.3 Å². The number of aliphatic hydroxyl groups is 1. The van der Waals surface area contributed by atoms with E-state index in [1.807, 2.05) is 58.0 Å². The second kappa shape index (κ2) is 5.25. The van der Waals surface area contributed by atoms with Crippen molar-refractivity contribution in [1.82, 2.24) is 0 Å². The molecule has 0 spiro atoms. The van der Waals surface area contributed by atoms with Crippen LogP contribution >= 0.6 is 0 Å². The zero-order valence-corrected chi connectivity index (χ0v) is 11.9. The van der Waals surface area contributed by atoms with Crippen molar-refractivity contribution in [3.8, 4) is 0 Å². The number of aliphatic hydroxyl groups excluding tert-OH is 1. The molecule has 1 atom stereocenters. The maximum absolute atomic E-state index is 10.0. The quantitative estimate of drug-likeness (QED) is 0.668. The summed E-state index contributed by atoms with van der Waals surface area (Å²) < 4.78 is 16.8. The summed E-state index contributed by atoms with van der Waals surface area (Å²) in [4.78, 5) is 0. The second-order valence-corrected chi connectivity index (χ2v) is 5.81. The van der Waals surface area contributed by atoms with Gasteiger partial charge in [0.15, 0.2) is 6.19 Å². The summed E-state index contributed by atoms with van der Waals surface area (Å²) in [5.41, 5.74) is 0.0711. The smallest absolute Gasteiger partial charge is 0.400 e. The van der Waals surface area contributed by atoms with Crippen molar-refractivity contribution in [3.05, 3.63) is 35.9 Å². The topological polar surface area (TPSA) is 47.9 Å². The lowest BCUT2D eigenvalue weighted by molar-refractivity contribution is -0.0738. The zero-order valence-electron chi connectivity index (χ0n) is 11.9.